The van der Waals surface area contributed by atoms with Gasteiger partial charge in [0, 0.05) is 17.0 Å². The second kappa shape index (κ2) is 8.81. The van der Waals surface area contributed by atoms with E-state index < -0.39 is 16.0 Å². The second-order valence-corrected chi connectivity index (χ2v) is 7.73. The lowest BCUT2D eigenvalue weighted by molar-refractivity contribution is -0.142. The number of esters is 1. The third kappa shape index (κ3) is 5.57. The Balaban J connectivity index is 2.13. The number of nitrogens with zero attached hydrogens (tertiary/aromatic N) is 1. The molecule has 0 saturated carbocycles. The summed E-state index contributed by atoms with van der Waals surface area (Å²) in [6.45, 7) is 1.36. The molecular weight excluding hydrogens is 424 g/mol. The SMILES string of the molecule is COc1ccc(/C=N\NS(=O)(=O)c2ccc(Br)cc2)cc1COC(C)=O. The first kappa shape index (κ1) is 19.9. The molecule has 0 amide bonds. The molecule has 0 atom stereocenters. The van der Waals surface area contributed by atoms with E-state index in [0.717, 1.165) is 4.47 Å². The Morgan fingerprint density at radius 2 is 1.92 bits per heavy atom. The number of benzene rings is 2. The van der Waals surface area contributed by atoms with Gasteiger partial charge in [-0.2, -0.15) is 13.5 Å². The fourth-order valence-corrected chi connectivity index (χ4v) is 3.06. The molecule has 2 aromatic carbocycles. The van der Waals surface area contributed by atoms with Gasteiger partial charge in [-0.15, -0.1) is 0 Å². The molecule has 0 heterocycles. The van der Waals surface area contributed by atoms with Crippen molar-refractivity contribution >= 4 is 38.1 Å². The molecule has 0 spiro atoms. The summed E-state index contributed by atoms with van der Waals surface area (Å²) in [5.74, 6) is 0.146. The molecule has 1 N–H and O–H groups in total. The van der Waals surface area contributed by atoms with Crippen molar-refractivity contribution in [2.45, 2.75) is 18.4 Å². The highest BCUT2D eigenvalue weighted by Crippen LogP contribution is 2.20. The minimum Gasteiger partial charge on any atom is -0.496 e. The number of sulfonamides is 1. The number of methoxy groups -OCH3 is 1. The normalized spacial score (nSPS) is 11.3. The van der Waals surface area contributed by atoms with Gasteiger partial charge >= 0.3 is 5.97 Å². The van der Waals surface area contributed by atoms with Crippen LogP contribution in [0.4, 0.5) is 0 Å². The quantitative estimate of drug-likeness (QED) is 0.405. The van der Waals surface area contributed by atoms with Crippen molar-refractivity contribution in [2.24, 2.45) is 5.10 Å². The smallest absolute Gasteiger partial charge is 0.302 e. The monoisotopic (exact) mass is 440 g/mol. The Labute approximate surface area is 160 Å². The first-order chi connectivity index (χ1) is 12.3. The molecule has 0 radical (unpaired) electrons. The molecule has 9 heteroatoms. The predicted octanol–water partition coefficient (Wildman–Crippen LogP) is 2.83. The zero-order valence-corrected chi connectivity index (χ0v) is 16.5. The average Bonchev–Trinajstić information content (AvgIpc) is 2.60. The highest BCUT2D eigenvalue weighted by molar-refractivity contribution is 9.10. The van der Waals surface area contributed by atoms with Crippen molar-refractivity contribution in [3.8, 4) is 5.75 Å². The van der Waals surface area contributed by atoms with Crippen LogP contribution in [0.25, 0.3) is 0 Å². The van der Waals surface area contributed by atoms with Gasteiger partial charge in [0.05, 0.1) is 18.2 Å². The fraction of sp³-hybridized carbons (Fsp3) is 0.176. The molecule has 0 aliphatic rings. The van der Waals surface area contributed by atoms with Crippen LogP contribution in [0.3, 0.4) is 0 Å². The van der Waals surface area contributed by atoms with E-state index in [1.54, 1.807) is 30.3 Å². The number of ether oxygens (including phenoxy) is 2. The fourth-order valence-electron chi connectivity index (χ4n) is 2.01. The Morgan fingerprint density at radius 1 is 1.23 bits per heavy atom. The summed E-state index contributed by atoms with van der Waals surface area (Å²) in [6.07, 6.45) is 1.35. The van der Waals surface area contributed by atoms with Gasteiger partial charge < -0.3 is 9.47 Å². The van der Waals surface area contributed by atoms with Gasteiger partial charge in [-0.3, -0.25) is 4.79 Å². The summed E-state index contributed by atoms with van der Waals surface area (Å²) in [5, 5.41) is 3.78. The van der Waals surface area contributed by atoms with E-state index in [1.165, 1.54) is 32.4 Å². The highest BCUT2D eigenvalue weighted by atomic mass is 79.9. The van der Waals surface area contributed by atoms with Crippen LogP contribution in [0.1, 0.15) is 18.1 Å². The zero-order valence-electron chi connectivity index (χ0n) is 14.1. The number of hydrazone groups is 1. The van der Waals surface area contributed by atoms with Gasteiger partial charge in [0.2, 0.25) is 0 Å². The standard InChI is InChI=1S/C17H17BrN2O5S/c1-12(21)25-11-14-9-13(3-8-17(14)24-2)10-19-20-26(22,23)16-6-4-15(18)5-7-16/h3-10,20H,11H2,1-2H3/b19-10-. The van der Waals surface area contributed by atoms with Gasteiger partial charge in [-0.1, -0.05) is 15.9 Å². The Hall–Kier alpha value is -2.39. The van der Waals surface area contributed by atoms with Crippen LogP contribution in [0.15, 0.2) is 56.9 Å². The first-order valence-electron chi connectivity index (χ1n) is 7.42. The summed E-state index contributed by atoms with van der Waals surface area (Å²) in [6, 6.07) is 11.3. The van der Waals surface area contributed by atoms with Crippen LogP contribution in [-0.4, -0.2) is 27.7 Å². The summed E-state index contributed by atoms with van der Waals surface area (Å²) in [4.78, 5) is 13.2. The largest absolute Gasteiger partial charge is 0.496 e. The number of halogens is 1. The molecule has 0 saturated heterocycles. The van der Waals surface area contributed by atoms with Gasteiger partial charge in [-0.05, 0) is 48.0 Å². The molecule has 0 fully saturated rings. The average molecular weight is 441 g/mol. The van der Waals surface area contributed by atoms with Crippen molar-refractivity contribution < 1.29 is 22.7 Å². The third-order valence-corrected chi connectivity index (χ3v) is 5.01. The van der Waals surface area contributed by atoms with Crippen LogP contribution in [0.5, 0.6) is 5.75 Å². The Kier molecular flexibility index (Phi) is 6.76. The molecule has 26 heavy (non-hydrogen) atoms. The van der Waals surface area contributed by atoms with Crippen molar-refractivity contribution in [1.82, 2.24) is 4.83 Å². The van der Waals surface area contributed by atoms with Crippen molar-refractivity contribution in [3.63, 3.8) is 0 Å². The van der Waals surface area contributed by atoms with Crippen molar-refractivity contribution in [1.29, 1.82) is 0 Å². The van der Waals surface area contributed by atoms with Crippen LogP contribution in [0.2, 0.25) is 0 Å². The summed E-state index contributed by atoms with van der Waals surface area (Å²) < 4.78 is 35.3. The number of carbonyl (C=O) groups excluding carboxylic acids is 1. The molecule has 0 bridgehead atoms. The van der Waals surface area contributed by atoms with E-state index in [0.29, 0.717) is 16.9 Å². The predicted molar refractivity (Wildman–Crippen MR) is 101 cm³/mol. The number of hydrogen-bond acceptors (Lipinski definition) is 6. The number of nitrogens with one attached hydrogen (secondary N) is 1. The first-order valence-corrected chi connectivity index (χ1v) is 9.70. The maximum atomic E-state index is 12.2. The van der Waals surface area contributed by atoms with Gasteiger partial charge in [-0.25, -0.2) is 4.83 Å². The molecule has 7 nitrogen and oxygen atoms in total. The molecule has 2 rings (SSSR count). The summed E-state index contributed by atoms with van der Waals surface area (Å²) in [7, 11) is -2.25. The van der Waals surface area contributed by atoms with Crippen LogP contribution in [0, 0.1) is 0 Å². The highest BCUT2D eigenvalue weighted by Gasteiger charge is 2.12. The van der Waals surface area contributed by atoms with Gasteiger partial charge in [0.25, 0.3) is 10.0 Å². The lowest BCUT2D eigenvalue weighted by Crippen LogP contribution is -2.18. The van der Waals surface area contributed by atoms with Gasteiger partial charge in [0.1, 0.15) is 12.4 Å². The minimum absolute atomic E-state index is 0.0464. The maximum absolute atomic E-state index is 12.2. The van der Waals surface area contributed by atoms with E-state index >= 15 is 0 Å². The number of hydrogen-bond donors (Lipinski definition) is 1. The van der Waals surface area contributed by atoms with E-state index in [9.17, 15) is 13.2 Å². The molecular formula is C17H17BrN2O5S. The zero-order chi connectivity index (χ0) is 19.2. The topological polar surface area (TPSA) is 94.1 Å². The van der Waals surface area contributed by atoms with Crippen LogP contribution in [-0.2, 0) is 26.2 Å². The van der Waals surface area contributed by atoms with E-state index in [2.05, 4.69) is 25.9 Å². The molecule has 0 unspecified atom stereocenters. The number of rotatable bonds is 7. The molecule has 0 aliphatic heterocycles. The van der Waals surface area contributed by atoms with Crippen molar-refractivity contribution in [3.05, 3.63) is 58.1 Å². The molecule has 138 valence electrons. The number of carbonyl (C=O) groups is 1. The minimum atomic E-state index is -3.75. The second-order valence-electron chi connectivity index (χ2n) is 5.16. The molecule has 0 aromatic heterocycles. The van der Waals surface area contributed by atoms with E-state index in [-0.39, 0.29) is 11.5 Å². The van der Waals surface area contributed by atoms with Crippen LogP contribution >= 0.6 is 15.9 Å². The van der Waals surface area contributed by atoms with E-state index in [1.807, 2.05) is 0 Å². The van der Waals surface area contributed by atoms with Crippen molar-refractivity contribution in [2.75, 3.05) is 7.11 Å². The lowest BCUT2D eigenvalue weighted by atomic mass is 10.1. The lowest BCUT2D eigenvalue weighted by Gasteiger charge is -2.09. The summed E-state index contributed by atoms with van der Waals surface area (Å²) in [5.41, 5.74) is 1.26. The third-order valence-electron chi connectivity index (χ3n) is 3.25. The van der Waals surface area contributed by atoms with E-state index in [4.69, 9.17) is 9.47 Å². The summed E-state index contributed by atoms with van der Waals surface area (Å²) >= 11 is 3.25. The van der Waals surface area contributed by atoms with Crippen LogP contribution < -0.4 is 9.57 Å². The molecule has 2 aromatic rings. The molecule has 0 aliphatic carbocycles. The maximum Gasteiger partial charge on any atom is 0.302 e. The Bertz CT molecular complexity index is 911. The Morgan fingerprint density at radius 3 is 2.54 bits per heavy atom. The van der Waals surface area contributed by atoms with Gasteiger partial charge in [0.15, 0.2) is 0 Å².